The predicted octanol–water partition coefficient (Wildman–Crippen LogP) is 11.6. The van der Waals surface area contributed by atoms with E-state index in [4.69, 9.17) is 0 Å². The Bertz CT molecular complexity index is 4400. The van der Waals surface area contributed by atoms with Crippen LogP contribution in [0.5, 0.6) is 0 Å². The van der Waals surface area contributed by atoms with Crippen LogP contribution in [-0.2, 0) is 44.9 Å². The van der Waals surface area contributed by atoms with Gasteiger partial charge in [-0.3, -0.25) is 34.6 Å². The Morgan fingerprint density at radius 2 is 0.914 bits per heavy atom. The van der Waals surface area contributed by atoms with Crippen molar-refractivity contribution in [2.75, 3.05) is 78.5 Å². The Morgan fingerprint density at radius 3 is 1.35 bits per heavy atom. The second kappa shape index (κ2) is 33.1. The summed E-state index contributed by atoms with van der Waals surface area (Å²) in [6, 6.07) is 23.0. The average molecular weight is 1420 g/mol. The second-order valence-corrected chi connectivity index (χ2v) is 31.0. The third kappa shape index (κ3) is 17.1. The number of H-pyrrole nitrogens is 2. The number of allylic oxidation sites excluding steroid dienone is 6. The number of aromatic nitrogens is 4. The van der Waals surface area contributed by atoms with Crippen LogP contribution in [0.3, 0.4) is 0 Å². The number of aryl methyl sites for hydroxylation is 2. The molecular formula is C84H104N14O7. The van der Waals surface area contributed by atoms with Gasteiger partial charge in [-0.2, -0.15) is 10.2 Å². The van der Waals surface area contributed by atoms with Gasteiger partial charge in [0.2, 0.25) is 5.91 Å². The number of nitrogens with one attached hydrogen (secondary N) is 5. The molecule has 2 aromatic heterocycles. The van der Waals surface area contributed by atoms with Crippen molar-refractivity contribution in [2.45, 2.75) is 167 Å². The summed E-state index contributed by atoms with van der Waals surface area (Å²) in [5.74, 6) is 0.965. The summed E-state index contributed by atoms with van der Waals surface area (Å²) in [5, 5.41) is 35.3. The number of aromatic amines is 2. The van der Waals surface area contributed by atoms with Gasteiger partial charge in [0, 0.05) is 124 Å². The summed E-state index contributed by atoms with van der Waals surface area (Å²) in [6.07, 6.45) is 27.8. The third-order valence-electron chi connectivity index (χ3n) is 24.5. The number of fused-ring (bicyclic) bond motifs is 4. The molecular weight excluding hydrogens is 1320 g/mol. The summed E-state index contributed by atoms with van der Waals surface area (Å²) in [7, 11) is 0. The third-order valence-corrected chi connectivity index (χ3v) is 24.5. The maximum absolute atomic E-state index is 14.3. The number of piperidine rings is 6. The lowest BCUT2D eigenvalue weighted by atomic mass is 9.80. The van der Waals surface area contributed by atoms with Crippen molar-refractivity contribution in [2.24, 2.45) is 33.7 Å². The van der Waals surface area contributed by atoms with Crippen molar-refractivity contribution in [3.05, 3.63) is 163 Å². The molecule has 2 atom stereocenters. The number of aliphatic carboxylic acids is 1. The van der Waals surface area contributed by atoms with Gasteiger partial charge in [-0.25, -0.2) is 14.4 Å². The first-order valence-electron chi connectivity index (χ1n) is 38.8. The molecule has 10 heterocycles. The molecule has 21 nitrogen and oxygen atoms in total. The molecule has 0 spiro atoms. The van der Waals surface area contributed by atoms with Crippen LogP contribution in [0, 0.1) is 37.5 Å². The van der Waals surface area contributed by atoms with E-state index in [2.05, 4.69) is 107 Å². The quantitative estimate of drug-likeness (QED) is 0.0595. The van der Waals surface area contributed by atoms with Crippen molar-refractivity contribution in [1.82, 2.24) is 60.8 Å². The number of carbonyl (C=O) groups is 6. The molecule has 5 amide bonds. The van der Waals surface area contributed by atoms with Gasteiger partial charge < -0.3 is 45.6 Å². The zero-order chi connectivity index (χ0) is 72.7. The number of ketones is 2. The highest BCUT2D eigenvalue weighted by Crippen LogP contribution is 2.38. The largest absolute Gasteiger partial charge is 0.480 e. The number of benzene rings is 4. The number of Topliss-reactive ketones (excluding diaryl/α,β-unsaturated/α-hetero) is 2. The van der Waals surface area contributed by atoms with Crippen LogP contribution < -0.4 is 16.0 Å². The Kier molecular flexibility index (Phi) is 22.9. The fourth-order valence-corrected chi connectivity index (χ4v) is 18.4. The number of rotatable bonds is 14. The van der Waals surface area contributed by atoms with E-state index in [1.54, 1.807) is 16.7 Å². The van der Waals surface area contributed by atoms with Crippen molar-refractivity contribution < 1.29 is 33.9 Å². The minimum Gasteiger partial charge on any atom is -0.480 e. The zero-order valence-electron chi connectivity index (χ0n) is 61.6. The molecule has 6 saturated heterocycles. The standard InChI is InChI=1S/C42H51N7O3.C27H28N4O4.C15H25N3/c1-27-21-29(22-34-26-44-46-40(27)34)23-38(41(51)48-19-12-35(13-20-48)47-15-8-30(9-16-47)36-7-14-43-28(36)2)45-42(52)49-17-10-31(11-18-49)37-24-32-5-3-4-6-33(32)25-39(37)50;1-16-10-17(11-21-15-28-30-25(16)21)12-23(26(33)34)29-27(35)31-8-6-18(7-9-31)22-13-19-4-2-3-5-20(19)14-24(22)32;1-12-15(4-9-17-12)13-5-10-18(11-6-13)14-2-7-16-8-3-14/h3-6,14,21-22,24,26,30-31,35,38H,7-13,15-20,23,25H2,1-2H3,(H,44,46)(H,45,52);2-5,10-11,13,15,18,23H,6-9,12,14H2,1H3,(H,28,30)(H,29,35)(H,33,34);9,13-14,16H,2-8,10-11H2,1H3/t38-;23-;/m11./s1. The molecule has 8 aliphatic heterocycles. The summed E-state index contributed by atoms with van der Waals surface area (Å²) in [5.41, 5.74) is 17.5. The van der Waals surface area contributed by atoms with Gasteiger partial charge in [-0.1, -0.05) is 60.7 Å². The van der Waals surface area contributed by atoms with Gasteiger partial charge in [0.1, 0.15) is 12.1 Å². The van der Waals surface area contributed by atoms with Crippen LogP contribution in [0.2, 0.25) is 0 Å². The van der Waals surface area contributed by atoms with E-state index in [9.17, 15) is 33.9 Å². The van der Waals surface area contributed by atoms with E-state index in [0.29, 0.717) is 83.3 Å². The number of urea groups is 2. The van der Waals surface area contributed by atoms with Crippen LogP contribution in [0.15, 0.2) is 129 Å². The molecule has 0 saturated carbocycles. The minimum absolute atomic E-state index is 0.00870. The number of amides is 5. The second-order valence-electron chi connectivity index (χ2n) is 31.0. The molecule has 0 unspecified atom stereocenters. The maximum atomic E-state index is 14.3. The normalized spacial score (nSPS) is 21.2. The Hall–Kier alpha value is -9.18. The highest BCUT2D eigenvalue weighted by molar-refractivity contribution is 6.05. The first kappa shape index (κ1) is 72.8. The minimum atomic E-state index is -1.07. The molecule has 21 heteroatoms. The van der Waals surface area contributed by atoms with Crippen LogP contribution >= 0.6 is 0 Å². The van der Waals surface area contributed by atoms with Crippen LogP contribution in [-0.4, -0.2) is 201 Å². The van der Waals surface area contributed by atoms with Gasteiger partial charge >= 0.3 is 18.0 Å². The number of carboxylic acids is 1. The highest BCUT2D eigenvalue weighted by atomic mass is 16.4. The van der Waals surface area contributed by atoms with Crippen molar-refractivity contribution in [1.29, 1.82) is 0 Å². The lowest BCUT2D eigenvalue weighted by molar-refractivity contribution is -0.139. The Labute approximate surface area is 616 Å². The molecule has 10 aliphatic rings. The predicted molar refractivity (Wildman–Crippen MR) is 412 cm³/mol. The number of hydrogen-bond donors (Lipinski definition) is 6. The number of aliphatic imine (C=N–C) groups is 2. The van der Waals surface area contributed by atoms with Gasteiger partial charge in [-0.05, 0) is 259 Å². The number of carbonyl (C=O) groups excluding carboxylic acids is 5. The monoisotopic (exact) mass is 1420 g/mol. The summed E-state index contributed by atoms with van der Waals surface area (Å²) >= 11 is 0. The first-order valence-corrected chi connectivity index (χ1v) is 38.8. The molecule has 6 fully saturated rings. The lowest BCUT2D eigenvalue weighted by Gasteiger charge is -2.42. The summed E-state index contributed by atoms with van der Waals surface area (Å²) < 4.78 is 0. The van der Waals surface area contributed by atoms with Gasteiger partial charge in [0.25, 0.3) is 0 Å². The van der Waals surface area contributed by atoms with E-state index in [0.717, 1.165) is 141 Å². The van der Waals surface area contributed by atoms with E-state index in [1.807, 2.05) is 90.5 Å². The van der Waals surface area contributed by atoms with Crippen LogP contribution in [0.1, 0.15) is 148 Å². The topological polar surface area (TPSA) is 257 Å². The summed E-state index contributed by atoms with van der Waals surface area (Å²) in [6.45, 7) is 19.0. The van der Waals surface area contributed by atoms with E-state index < -0.39 is 18.1 Å². The zero-order valence-corrected chi connectivity index (χ0v) is 61.6. The van der Waals surface area contributed by atoms with Crippen LogP contribution in [0.25, 0.3) is 34.0 Å². The van der Waals surface area contributed by atoms with E-state index >= 15 is 0 Å². The average Bonchev–Trinajstić information content (AvgIpc) is 1.59. The molecule has 4 aromatic carbocycles. The molecule has 2 aliphatic carbocycles. The number of carboxylic acid groups (broad SMARTS) is 1. The Balaban J connectivity index is 0.000000149. The number of nitrogens with zero attached hydrogens (tertiary/aromatic N) is 9. The van der Waals surface area contributed by atoms with E-state index in [1.165, 1.54) is 81.7 Å². The van der Waals surface area contributed by atoms with E-state index in [-0.39, 0.29) is 47.8 Å². The van der Waals surface area contributed by atoms with Gasteiger partial charge in [0.15, 0.2) is 11.6 Å². The molecule has 16 rings (SSSR count). The molecule has 6 N–H and O–H groups in total. The molecule has 105 heavy (non-hydrogen) atoms. The van der Waals surface area contributed by atoms with Gasteiger partial charge in [-0.15, -0.1) is 0 Å². The number of likely N-dealkylation sites (tertiary alicyclic amines) is 5. The maximum Gasteiger partial charge on any atom is 0.326 e. The van der Waals surface area contributed by atoms with Crippen LogP contribution in [0.4, 0.5) is 9.59 Å². The molecule has 0 bridgehead atoms. The summed E-state index contributed by atoms with van der Waals surface area (Å²) in [4.78, 5) is 98.6. The first-order chi connectivity index (χ1) is 51.0. The molecule has 6 aromatic rings. The van der Waals surface area contributed by atoms with Crippen molar-refractivity contribution in [3.8, 4) is 0 Å². The fourth-order valence-electron chi connectivity index (χ4n) is 18.4. The molecule has 552 valence electrons. The Morgan fingerprint density at radius 1 is 0.505 bits per heavy atom. The van der Waals surface area contributed by atoms with Crippen molar-refractivity contribution in [3.63, 3.8) is 0 Å². The van der Waals surface area contributed by atoms with Crippen molar-refractivity contribution >= 4 is 81.9 Å². The highest BCUT2D eigenvalue weighted by Gasteiger charge is 2.38. The SMILES string of the molecule is CC1=C(C2CCN(C3CCN(C(=O)[C@@H](Cc4cc(C)c5[nH]ncc5c4)NC(=O)N4CCC(C5=Cc6ccccc6CC5=O)CC4)CC3)CC2)CC=N1.CC1=C(C2CCN(C3CCNCC3)CC2)CC=N1.Cc1cc(C[C@@H](NC(=O)N2CCC(C3=Cc4ccccc4CC3=O)CC2)C(=O)O)cc2cn[nH]c12. The number of hydrogen-bond acceptors (Lipinski definition) is 13. The fraction of sp³-hybridized carbons (Fsp3) is 0.500. The van der Waals surface area contributed by atoms with Gasteiger partial charge in [0.05, 0.1) is 23.4 Å². The molecule has 0 radical (unpaired) electrons. The smallest absolute Gasteiger partial charge is 0.326 e. The lowest BCUT2D eigenvalue weighted by Crippen LogP contribution is -2.56.